The lowest BCUT2D eigenvalue weighted by atomic mass is 9.87. The van der Waals surface area contributed by atoms with E-state index in [-0.39, 0.29) is 11.9 Å². The molecule has 140 valence electrons. The lowest BCUT2D eigenvalue weighted by molar-refractivity contribution is 0.0923. The smallest absolute Gasteiger partial charge is 0.255 e. The number of rotatable bonds is 7. The molecule has 3 rings (SSSR count). The van der Waals surface area contributed by atoms with E-state index in [1.165, 1.54) is 12.8 Å². The van der Waals surface area contributed by atoms with E-state index in [1.54, 1.807) is 6.20 Å². The highest BCUT2D eigenvalue weighted by atomic mass is 16.5. The van der Waals surface area contributed by atoms with E-state index < -0.39 is 0 Å². The Balaban J connectivity index is 1.65. The molecule has 1 aromatic carbocycles. The first-order chi connectivity index (χ1) is 12.7. The van der Waals surface area contributed by atoms with Gasteiger partial charge in [0.1, 0.15) is 5.75 Å². The summed E-state index contributed by atoms with van der Waals surface area (Å²) in [7, 11) is 0. The second-order valence-electron chi connectivity index (χ2n) is 7.32. The molecule has 5 nitrogen and oxygen atoms in total. The van der Waals surface area contributed by atoms with Crippen molar-refractivity contribution < 1.29 is 9.53 Å². The molecule has 1 aromatic heterocycles. The minimum atomic E-state index is -0.0448. The van der Waals surface area contributed by atoms with Crippen molar-refractivity contribution in [2.24, 2.45) is 5.92 Å². The summed E-state index contributed by atoms with van der Waals surface area (Å²) in [6, 6.07) is 8.09. The maximum Gasteiger partial charge on any atom is 0.255 e. The fourth-order valence-corrected chi connectivity index (χ4v) is 3.40. The quantitative estimate of drug-likeness (QED) is 0.715. The average Bonchev–Trinajstić information content (AvgIpc) is 3.14. The Morgan fingerprint density at radius 3 is 2.65 bits per heavy atom. The molecule has 1 amide bonds. The molecule has 1 heterocycles. The van der Waals surface area contributed by atoms with E-state index in [2.05, 4.69) is 29.4 Å². The molecular weight excluding hydrogens is 326 g/mol. The minimum absolute atomic E-state index is 0.0448. The number of hydrogen-bond acceptors (Lipinski definition) is 3. The van der Waals surface area contributed by atoms with Crippen LogP contribution in [-0.2, 0) is 0 Å². The molecular formula is C21H29N3O2. The number of hydrogen-bond donors (Lipinski definition) is 2. The monoisotopic (exact) mass is 355 g/mol. The minimum Gasteiger partial charge on any atom is -0.494 e. The number of nitrogens with one attached hydrogen (secondary N) is 2. The highest BCUT2D eigenvalue weighted by Crippen LogP contribution is 2.26. The molecule has 1 aliphatic rings. The average molecular weight is 355 g/mol. The van der Waals surface area contributed by atoms with E-state index in [4.69, 9.17) is 4.74 Å². The fraction of sp³-hybridized carbons (Fsp3) is 0.524. The van der Waals surface area contributed by atoms with Gasteiger partial charge in [-0.05, 0) is 62.3 Å². The summed E-state index contributed by atoms with van der Waals surface area (Å²) in [5.74, 6) is 1.58. The van der Waals surface area contributed by atoms with Crippen molar-refractivity contribution >= 4 is 5.91 Å². The molecule has 0 bridgehead atoms. The molecule has 1 saturated carbocycles. The number of nitrogens with zero attached hydrogens (tertiary/aromatic N) is 1. The maximum absolute atomic E-state index is 12.7. The lowest BCUT2D eigenvalue weighted by Gasteiger charge is -2.26. The van der Waals surface area contributed by atoms with E-state index >= 15 is 0 Å². The van der Waals surface area contributed by atoms with Gasteiger partial charge in [0, 0.05) is 11.6 Å². The SMILES string of the molecule is CCCCOc1ccc(-c2[nH]ncc2C(=O)NC2CCC(C)CC2)cc1. The summed E-state index contributed by atoms with van der Waals surface area (Å²) in [6.07, 6.45) is 8.26. The third-order valence-electron chi connectivity index (χ3n) is 5.14. The molecule has 0 unspecified atom stereocenters. The van der Waals surface area contributed by atoms with Crippen LogP contribution in [0.4, 0.5) is 0 Å². The van der Waals surface area contributed by atoms with Gasteiger partial charge >= 0.3 is 0 Å². The number of H-pyrrole nitrogens is 1. The Morgan fingerprint density at radius 2 is 1.96 bits per heavy atom. The fourth-order valence-electron chi connectivity index (χ4n) is 3.40. The molecule has 26 heavy (non-hydrogen) atoms. The lowest BCUT2D eigenvalue weighted by Crippen LogP contribution is -2.37. The molecule has 1 aliphatic carbocycles. The number of ether oxygens (including phenoxy) is 1. The van der Waals surface area contributed by atoms with Crippen molar-refractivity contribution in [2.45, 2.75) is 58.4 Å². The van der Waals surface area contributed by atoms with Crippen LogP contribution in [0, 0.1) is 5.92 Å². The number of aromatic nitrogens is 2. The standard InChI is InChI=1S/C21H29N3O2/c1-3-4-13-26-18-11-7-16(8-12-18)20-19(14-22-24-20)21(25)23-17-9-5-15(2)6-10-17/h7-8,11-12,14-15,17H,3-6,9-10,13H2,1-2H3,(H,22,24)(H,23,25). The van der Waals surface area contributed by atoms with Crippen molar-refractivity contribution in [3.8, 4) is 17.0 Å². The van der Waals surface area contributed by atoms with Gasteiger partial charge < -0.3 is 10.1 Å². The van der Waals surface area contributed by atoms with Crippen LogP contribution in [-0.4, -0.2) is 28.8 Å². The van der Waals surface area contributed by atoms with Gasteiger partial charge in [0.15, 0.2) is 0 Å². The van der Waals surface area contributed by atoms with Crippen LogP contribution in [0.15, 0.2) is 30.5 Å². The molecule has 0 radical (unpaired) electrons. The van der Waals surface area contributed by atoms with E-state index in [0.29, 0.717) is 5.56 Å². The van der Waals surface area contributed by atoms with Crippen molar-refractivity contribution in [3.05, 3.63) is 36.0 Å². The van der Waals surface area contributed by atoms with Crippen LogP contribution in [0.1, 0.15) is 62.7 Å². The summed E-state index contributed by atoms with van der Waals surface area (Å²) in [5, 5.41) is 10.2. The number of carbonyl (C=O) groups excluding carboxylic acids is 1. The van der Waals surface area contributed by atoms with Crippen LogP contribution < -0.4 is 10.1 Å². The van der Waals surface area contributed by atoms with Crippen LogP contribution in [0.3, 0.4) is 0 Å². The topological polar surface area (TPSA) is 67.0 Å². The van der Waals surface area contributed by atoms with Crippen LogP contribution in [0.5, 0.6) is 5.75 Å². The largest absolute Gasteiger partial charge is 0.494 e. The van der Waals surface area contributed by atoms with Crippen LogP contribution >= 0.6 is 0 Å². The number of benzene rings is 1. The second-order valence-corrected chi connectivity index (χ2v) is 7.32. The van der Waals surface area contributed by atoms with Gasteiger partial charge in [-0.25, -0.2) is 0 Å². The van der Waals surface area contributed by atoms with Gasteiger partial charge in [-0.1, -0.05) is 20.3 Å². The Hall–Kier alpha value is -2.30. The zero-order valence-electron chi connectivity index (χ0n) is 15.8. The molecule has 0 spiro atoms. The molecule has 2 aromatic rings. The normalized spacial score (nSPS) is 19.9. The first-order valence-corrected chi connectivity index (χ1v) is 9.74. The zero-order valence-corrected chi connectivity index (χ0v) is 15.8. The van der Waals surface area contributed by atoms with Gasteiger partial charge in [0.25, 0.3) is 5.91 Å². The predicted molar refractivity (Wildman–Crippen MR) is 103 cm³/mol. The van der Waals surface area contributed by atoms with E-state index in [1.807, 2.05) is 24.3 Å². The molecule has 2 N–H and O–H groups in total. The van der Waals surface area contributed by atoms with E-state index in [0.717, 1.165) is 55.2 Å². The molecule has 0 saturated heterocycles. The molecule has 5 heteroatoms. The Bertz CT molecular complexity index is 700. The van der Waals surface area contributed by atoms with Gasteiger partial charge in [-0.15, -0.1) is 0 Å². The molecule has 0 aliphatic heterocycles. The number of carbonyl (C=O) groups is 1. The first-order valence-electron chi connectivity index (χ1n) is 9.74. The molecule has 1 fully saturated rings. The summed E-state index contributed by atoms with van der Waals surface area (Å²) in [6.45, 7) is 5.15. The Labute approximate surface area is 155 Å². The number of aromatic amines is 1. The maximum atomic E-state index is 12.7. The zero-order chi connectivity index (χ0) is 18.4. The Morgan fingerprint density at radius 1 is 1.23 bits per heavy atom. The van der Waals surface area contributed by atoms with Gasteiger partial charge in [-0.2, -0.15) is 5.10 Å². The third-order valence-corrected chi connectivity index (χ3v) is 5.14. The van der Waals surface area contributed by atoms with Crippen molar-refractivity contribution in [2.75, 3.05) is 6.61 Å². The second kappa shape index (κ2) is 8.88. The summed E-state index contributed by atoms with van der Waals surface area (Å²) >= 11 is 0. The van der Waals surface area contributed by atoms with Gasteiger partial charge in [-0.3, -0.25) is 9.89 Å². The van der Waals surface area contributed by atoms with E-state index in [9.17, 15) is 4.79 Å². The summed E-state index contributed by atoms with van der Waals surface area (Å²) in [4.78, 5) is 12.7. The van der Waals surface area contributed by atoms with Crippen LogP contribution in [0.25, 0.3) is 11.3 Å². The first kappa shape index (κ1) is 18.5. The number of amides is 1. The summed E-state index contributed by atoms with van der Waals surface area (Å²) < 4.78 is 5.70. The van der Waals surface area contributed by atoms with Crippen molar-refractivity contribution in [1.82, 2.24) is 15.5 Å². The Kier molecular flexibility index (Phi) is 6.31. The number of unbranched alkanes of at least 4 members (excludes halogenated alkanes) is 1. The highest BCUT2D eigenvalue weighted by molar-refractivity contribution is 5.99. The predicted octanol–water partition coefficient (Wildman–Crippen LogP) is 4.56. The van der Waals surface area contributed by atoms with Gasteiger partial charge in [0.2, 0.25) is 0 Å². The summed E-state index contributed by atoms with van der Waals surface area (Å²) in [5.41, 5.74) is 2.29. The van der Waals surface area contributed by atoms with Gasteiger partial charge in [0.05, 0.1) is 24.1 Å². The highest BCUT2D eigenvalue weighted by Gasteiger charge is 2.22. The van der Waals surface area contributed by atoms with Crippen molar-refractivity contribution in [1.29, 1.82) is 0 Å². The third kappa shape index (κ3) is 4.65. The van der Waals surface area contributed by atoms with Crippen LogP contribution in [0.2, 0.25) is 0 Å². The van der Waals surface area contributed by atoms with Crippen molar-refractivity contribution in [3.63, 3.8) is 0 Å². The molecule has 0 atom stereocenters.